The molecule has 0 aliphatic rings. The first-order valence-corrected chi connectivity index (χ1v) is 4.59. The molecule has 0 aliphatic heterocycles. The van der Waals surface area contributed by atoms with Gasteiger partial charge in [0.25, 0.3) is 0 Å². The predicted molar refractivity (Wildman–Crippen MR) is 64.2 cm³/mol. The molecule has 0 fully saturated rings. The molecule has 4 heteroatoms. The number of aromatic nitrogens is 2. The van der Waals surface area contributed by atoms with Crippen LogP contribution in [0.1, 0.15) is 0 Å². The lowest BCUT2D eigenvalue weighted by atomic mass is 10.3. The zero-order chi connectivity index (χ0) is 10.8. The third-order valence-electron chi connectivity index (χ3n) is 2.23. The fraction of sp³-hybridized carbons (Fsp3) is 0.0909. The average molecular weight is 200 g/mol. The van der Waals surface area contributed by atoms with Crippen molar-refractivity contribution in [3.63, 3.8) is 0 Å². The molecule has 0 bridgehead atoms. The fourth-order valence-corrected chi connectivity index (χ4v) is 1.53. The normalized spacial score (nSPS) is 10.2. The van der Waals surface area contributed by atoms with Crippen LogP contribution in [0.3, 0.4) is 0 Å². The Labute approximate surface area is 88.0 Å². The maximum Gasteiger partial charge on any atom is 0.209 e. The minimum Gasteiger partial charge on any atom is -0.358 e. The number of rotatable bonds is 3. The summed E-state index contributed by atoms with van der Waals surface area (Å²) in [5, 5.41) is 3.00. The summed E-state index contributed by atoms with van der Waals surface area (Å²) >= 11 is 0. The molecule has 0 saturated heterocycles. The number of nitrogens with zero attached hydrogens (tertiary/aromatic N) is 3. The second-order valence-corrected chi connectivity index (χ2v) is 3.08. The number of para-hydroxylation sites is 2. The van der Waals surface area contributed by atoms with Crippen LogP contribution in [-0.2, 0) is 0 Å². The lowest BCUT2D eigenvalue weighted by Gasteiger charge is -2.06. The molecule has 1 N–H and O–H groups in total. The second kappa shape index (κ2) is 3.57. The summed E-state index contributed by atoms with van der Waals surface area (Å²) in [5.41, 5.74) is 1.88. The van der Waals surface area contributed by atoms with E-state index in [9.17, 15) is 0 Å². The van der Waals surface area contributed by atoms with Crippen molar-refractivity contribution in [2.75, 3.05) is 12.4 Å². The first kappa shape index (κ1) is 9.45. The van der Waals surface area contributed by atoms with E-state index in [0.717, 1.165) is 11.0 Å². The van der Waals surface area contributed by atoms with Crippen LogP contribution in [0.2, 0.25) is 0 Å². The van der Waals surface area contributed by atoms with Gasteiger partial charge in [-0.25, -0.2) is 9.98 Å². The molecule has 2 aromatic rings. The summed E-state index contributed by atoms with van der Waals surface area (Å²) in [7, 11) is 1.81. The highest BCUT2D eigenvalue weighted by Crippen LogP contribution is 2.22. The molecule has 2 rings (SSSR count). The van der Waals surface area contributed by atoms with E-state index in [1.807, 2.05) is 35.9 Å². The third-order valence-corrected chi connectivity index (χ3v) is 2.23. The highest BCUT2D eigenvalue weighted by molar-refractivity contribution is 5.83. The summed E-state index contributed by atoms with van der Waals surface area (Å²) in [4.78, 5) is 8.23. The highest BCUT2D eigenvalue weighted by Gasteiger charge is 2.09. The van der Waals surface area contributed by atoms with Crippen molar-refractivity contribution in [1.82, 2.24) is 9.55 Å². The van der Waals surface area contributed by atoms with E-state index < -0.39 is 0 Å². The van der Waals surface area contributed by atoms with Crippen molar-refractivity contribution in [2.45, 2.75) is 0 Å². The molecule has 0 radical (unpaired) electrons. The summed E-state index contributed by atoms with van der Waals surface area (Å²) in [5.74, 6) is 1.28. The Bertz CT molecular complexity index is 524. The van der Waals surface area contributed by atoms with Gasteiger partial charge in [-0.1, -0.05) is 18.7 Å². The first-order chi connectivity index (χ1) is 7.27. The van der Waals surface area contributed by atoms with Gasteiger partial charge in [0.1, 0.15) is 5.82 Å². The van der Waals surface area contributed by atoms with Crippen LogP contribution in [0, 0.1) is 0 Å². The molecule has 4 nitrogen and oxygen atoms in total. The minimum atomic E-state index is 0.563. The minimum absolute atomic E-state index is 0.563. The zero-order valence-corrected chi connectivity index (χ0v) is 8.57. The quantitative estimate of drug-likeness (QED) is 0.772. The van der Waals surface area contributed by atoms with Gasteiger partial charge >= 0.3 is 0 Å². The Hall–Kier alpha value is -2.10. The predicted octanol–water partition coefficient (Wildman–Crippen LogP) is 2.21. The molecule has 0 aliphatic carbocycles. The van der Waals surface area contributed by atoms with Crippen molar-refractivity contribution in [3.8, 4) is 0 Å². The highest BCUT2D eigenvalue weighted by atomic mass is 15.2. The van der Waals surface area contributed by atoms with E-state index in [0.29, 0.717) is 11.8 Å². The molecule has 1 heterocycles. The maximum atomic E-state index is 4.40. The summed E-state index contributed by atoms with van der Waals surface area (Å²) in [6.07, 6.45) is 0. The van der Waals surface area contributed by atoms with Gasteiger partial charge in [-0.15, -0.1) is 0 Å². The topological polar surface area (TPSA) is 42.2 Å². The van der Waals surface area contributed by atoms with Crippen molar-refractivity contribution in [1.29, 1.82) is 0 Å². The summed E-state index contributed by atoms with van der Waals surface area (Å²) in [6.45, 7) is 7.30. The van der Waals surface area contributed by atoms with Crippen molar-refractivity contribution >= 4 is 29.5 Å². The van der Waals surface area contributed by atoms with Gasteiger partial charge in [0.2, 0.25) is 5.95 Å². The van der Waals surface area contributed by atoms with Gasteiger partial charge in [0.05, 0.1) is 11.0 Å². The lowest BCUT2D eigenvalue weighted by molar-refractivity contribution is 1.10. The van der Waals surface area contributed by atoms with Gasteiger partial charge in [-0.2, -0.15) is 0 Å². The SMILES string of the molecule is C=NC(=C)n1c(NC)nc2ccccc21. The van der Waals surface area contributed by atoms with Crippen LogP contribution in [0.5, 0.6) is 0 Å². The number of hydrogen-bond acceptors (Lipinski definition) is 3. The Kier molecular flexibility index (Phi) is 2.25. The molecular weight excluding hydrogens is 188 g/mol. The monoisotopic (exact) mass is 200 g/mol. The van der Waals surface area contributed by atoms with Crippen LogP contribution in [0.4, 0.5) is 5.95 Å². The number of imidazole rings is 1. The van der Waals surface area contributed by atoms with E-state index in [-0.39, 0.29) is 0 Å². The standard InChI is InChI=1S/C11H12N4/c1-8(12-2)15-10-7-5-4-6-9(10)14-11(15)13-3/h4-7H,1-2H2,3H3,(H,13,14). The molecule has 0 spiro atoms. The van der Waals surface area contributed by atoms with Crippen LogP contribution >= 0.6 is 0 Å². The number of anilines is 1. The van der Waals surface area contributed by atoms with E-state index in [4.69, 9.17) is 0 Å². The lowest BCUT2D eigenvalue weighted by Crippen LogP contribution is -2.00. The van der Waals surface area contributed by atoms with Gasteiger partial charge in [0, 0.05) is 7.05 Å². The number of nitrogens with one attached hydrogen (secondary N) is 1. The molecule has 15 heavy (non-hydrogen) atoms. The van der Waals surface area contributed by atoms with Gasteiger partial charge in [0.15, 0.2) is 0 Å². The maximum absolute atomic E-state index is 4.40. The van der Waals surface area contributed by atoms with E-state index in [1.54, 1.807) is 0 Å². The van der Waals surface area contributed by atoms with Crippen LogP contribution in [0.25, 0.3) is 16.9 Å². The summed E-state index contributed by atoms with van der Waals surface area (Å²) in [6, 6.07) is 7.82. The van der Waals surface area contributed by atoms with E-state index in [1.165, 1.54) is 0 Å². The smallest absolute Gasteiger partial charge is 0.209 e. The molecular formula is C11H12N4. The van der Waals surface area contributed by atoms with Crippen LogP contribution in [-0.4, -0.2) is 23.3 Å². The fourth-order valence-electron chi connectivity index (χ4n) is 1.53. The molecule has 76 valence electrons. The molecule has 0 amide bonds. The number of hydrogen-bond donors (Lipinski definition) is 1. The van der Waals surface area contributed by atoms with Gasteiger partial charge in [-0.3, -0.25) is 4.57 Å². The Morgan fingerprint density at radius 1 is 1.47 bits per heavy atom. The molecule has 0 unspecified atom stereocenters. The van der Waals surface area contributed by atoms with E-state index >= 15 is 0 Å². The Morgan fingerprint density at radius 3 is 2.87 bits per heavy atom. The van der Waals surface area contributed by atoms with Crippen LogP contribution in [0.15, 0.2) is 35.8 Å². The van der Waals surface area contributed by atoms with Gasteiger partial charge < -0.3 is 5.32 Å². The number of fused-ring (bicyclic) bond motifs is 1. The molecule has 0 atom stereocenters. The molecule has 1 aromatic carbocycles. The van der Waals surface area contributed by atoms with Crippen molar-refractivity contribution in [3.05, 3.63) is 30.8 Å². The number of benzene rings is 1. The largest absolute Gasteiger partial charge is 0.358 e. The third kappa shape index (κ3) is 1.40. The molecule has 1 aromatic heterocycles. The second-order valence-electron chi connectivity index (χ2n) is 3.08. The average Bonchev–Trinajstić information content (AvgIpc) is 2.66. The summed E-state index contributed by atoms with van der Waals surface area (Å²) < 4.78 is 1.84. The molecule has 0 saturated carbocycles. The van der Waals surface area contributed by atoms with Crippen LogP contribution < -0.4 is 5.32 Å². The Balaban J connectivity index is 2.77. The zero-order valence-electron chi connectivity index (χ0n) is 8.57. The van der Waals surface area contributed by atoms with Gasteiger partial charge in [-0.05, 0) is 18.9 Å². The van der Waals surface area contributed by atoms with Crippen molar-refractivity contribution < 1.29 is 0 Å². The van der Waals surface area contributed by atoms with Crippen molar-refractivity contribution in [2.24, 2.45) is 4.99 Å². The Morgan fingerprint density at radius 2 is 2.20 bits per heavy atom. The van der Waals surface area contributed by atoms with E-state index in [2.05, 4.69) is 28.6 Å². The number of aliphatic imine (C=N–C) groups is 1. The first-order valence-electron chi connectivity index (χ1n) is 4.59.